The highest BCUT2D eigenvalue weighted by Crippen LogP contribution is 2.35. The third-order valence-electron chi connectivity index (χ3n) is 5.71. The second kappa shape index (κ2) is 8.83. The Morgan fingerprint density at radius 3 is 2.20 bits per heavy atom. The van der Waals surface area contributed by atoms with Crippen molar-refractivity contribution in [3.8, 4) is 22.8 Å². The lowest BCUT2D eigenvalue weighted by atomic mass is 10.1. The number of rotatable bonds is 5. The van der Waals surface area contributed by atoms with Crippen molar-refractivity contribution in [2.45, 2.75) is 6.61 Å². The molecular formula is C29H19N3O3. The number of nitrogens with zero attached hydrogens (tertiary/aromatic N) is 3. The molecule has 6 rings (SSSR count). The summed E-state index contributed by atoms with van der Waals surface area (Å²) in [6.45, 7) is 0.128. The Labute approximate surface area is 200 Å². The van der Waals surface area contributed by atoms with Crippen molar-refractivity contribution in [1.29, 1.82) is 0 Å². The Morgan fingerprint density at radius 2 is 1.37 bits per heavy atom. The predicted octanol–water partition coefficient (Wildman–Crippen LogP) is 6.46. The molecule has 6 aromatic rings. The number of hydrogen-bond acceptors (Lipinski definition) is 6. The molecule has 0 spiro atoms. The molecule has 35 heavy (non-hydrogen) atoms. The largest absolute Gasteiger partial charge is 0.456 e. The summed E-state index contributed by atoms with van der Waals surface area (Å²) in [4.78, 5) is 26.7. The zero-order valence-corrected chi connectivity index (χ0v) is 18.6. The highest BCUT2D eigenvalue weighted by atomic mass is 16.5. The van der Waals surface area contributed by atoms with E-state index in [-0.39, 0.29) is 12.4 Å². The summed E-state index contributed by atoms with van der Waals surface area (Å²) < 4.78 is 11.6. The zero-order valence-electron chi connectivity index (χ0n) is 18.6. The normalized spacial score (nSPS) is 11.1. The van der Waals surface area contributed by atoms with Crippen LogP contribution >= 0.6 is 0 Å². The van der Waals surface area contributed by atoms with Crippen LogP contribution in [0.5, 0.6) is 0 Å². The van der Waals surface area contributed by atoms with E-state index < -0.39 is 5.97 Å². The van der Waals surface area contributed by atoms with Crippen molar-refractivity contribution in [2.24, 2.45) is 0 Å². The SMILES string of the molecule is O=C(OCc1ccccc1)c1nc(-c2ccccc2)nc(-c2cccc3oc4ccccc4c23)n1. The minimum absolute atomic E-state index is 0.0467. The van der Waals surface area contributed by atoms with E-state index in [0.29, 0.717) is 11.6 Å². The average molecular weight is 457 g/mol. The molecule has 0 unspecified atom stereocenters. The fourth-order valence-electron chi connectivity index (χ4n) is 4.05. The Kier molecular flexibility index (Phi) is 5.24. The fraction of sp³-hybridized carbons (Fsp3) is 0.0345. The second-order valence-electron chi connectivity index (χ2n) is 8.01. The molecular weight excluding hydrogens is 438 g/mol. The summed E-state index contributed by atoms with van der Waals surface area (Å²) in [5.41, 5.74) is 3.91. The molecule has 0 amide bonds. The minimum atomic E-state index is -0.612. The zero-order chi connectivity index (χ0) is 23.6. The molecule has 0 saturated carbocycles. The van der Waals surface area contributed by atoms with Crippen LogP contribution in [0.2, 0.25) is 0 Å². The van der Waals surface area contributed by atoms with Crippen LogP contribution in [0.25, 0.3) is 44.7 Å². The van der Waals surface area contributed by atoms with Crippen molar-refractivity contribution in [3.63, 3.8) is 0 Å². The fourth-order valence-corrected chi connectivity index (χ4v) is 4.05. The summed E-state index contributed by atoms with van der Waals surface area (Å²) in [6, 6.07) is 32.5. The van der Waals surface area contributed by atoms with Crippen molar-refractivity contribution >= 4 is 27.9 Å². The molecule has 4 aromatic carbocycles. The first-order valence-corrected chi connectivity index (χ1v) is 11.2. The first-order valence-electron chi connectivity index (χ1n) is 11.2. The summed E-state index contributed by atoms with van der Waals surface area (Å²) >= 11 is 0. The number of esters is 1. The van der Waals surface area contributed by atoms with Crippen LogP contribution in [-0.2, 0) is 11.3 Å². The number of aromatic nitrogens is 3. The molecule has 6 heteroatoms. The van der Waals surface area contributed by atoms with Crippen molar-refractivity contribution < 1.29 is 13.9 Å². The van der Waals surface area contributed by atoms with Gasteiger partial charge in [0.15, 0.2) is 11.6 Å². The highest BCUT2D eigenvalue weighted by Gasteiger charge is 2.20. The molecule has 0 bridgehead atoms. The lowest BCUT2D eigenvalue weighted by Gasteiger charge is -2.09. The highest BCUT2D eigenvalue weighted by molar-refractivity contribution is 6.11. The van der Waals surface area contributed by atoms with Crippen LogP contribution in [0, 0.1) is 0 Å². The van der Waals surface area contributed by atoms with Gasteiger partial charge in [0, 0.05) is 21.9 Å². The molecule has 0 aliphatic heterocycles. The summed E-state index contributed by atoms with van der Waals surface area (Å²) in [5.74, 6) is 0.114. The standard InChI is InChI=1S/C29H19N3O3/c33-29(34-18-19-10-3-1-4-11-19)28-31-26(20-12-5-2-6-13-20)30-27(32-28)22-15-9-17-24-25(22)21-14-7-8-16-23(21)35-24/h1-17H,18H2. The van der Waals surface area contributed by atoms with E-state index in [1.54, 1.807) is 0 Å². The van der Waals surface area contributed by atoms with Gasteiger partial charge < -0.3 is 9.15 Å². The number of para-hydroxylation sites is 1. The Morgan fingerprint density at radius 1 is 0.686 bits per heavy atom. The van der Waals surface area contributed by atoms with E-state index in [1.165, 1.54) is 0 Å². The van der Waals surface area contributed by atoms with Crippen LogP contribution in [0.3, 0.4) is 0 Å². The number of carbonyl (C=O) groups excluding carboxylic acids is 1. The van der Waals surface area contributed by atoms with E-state index in [9.17, 15) is 4.79 Å². The van der Waals surface area contributed by atoms with Gasteiger partial charge in [-0.25, -0.2) is 19.7 Å². The Balaban J connectivity index is 1.49. The van der Waals surface area contributed by atoms with Crippen LogP contribution < -0.4 is 0 Å². The van der Waals surface area contributed by atoms with Gasteiger partial charge in [-0.3, -0.25) is 0 Å². The van der Waals surface area contributed by atoms with Gasteiger partial charge in [-0.05, 0) is 17.7 Å². The molecule has 6 nitrogen and oxygen atoms in total. The van der Waals surface area contributed by atoms with Gasteiger partial charge in [0.25, 0.3) is 0 Å². The smallest absolute Gasteiger partial charge is 0.376 e. The monoisotopic (exact) mass is 457 g/mol. The summed E-state index contributed by atoms with van der Waals surface area (Å²) in [6.07, 6.45) is 0. The van der Waals surface area contributed by atoms with E-state index in [1.807, 2.05) is 103 Å². The topological polar surface area (TPSA) is 78.1 Å². The van der Waals surface area contributed by atoms with Gasteiger partial charge >= 0.3 is 5.97 Å². The minimum Gasteiger partial charge on any atom is -0.456 e. The van der Waals surface area contributed by atoms with Crippen LogP contribution in [0.1, 0.15) is 16.2 Å². The number of furan rings is 1. The van der Waals surface area contributed by atoms with Crippen LogP contribution in [0.4, 0.5) is 0 Å². The van der Waals surface area contributed by atoms with Gasteiger partial charge in [-0.2, -0.15) is 0 Å². The maximum atomic E-state index is 13.0. The molecule has 168 valence electrons. The molecule has 0 fully saturated rings. The number of carbonyl (C=O) groups is 1. The first-order chi connectivity index (χ1) is 17.3. The number of benzene rings is 4. The summed E-state index contributed by atoms with van der Waals surface area (Å²) in [5, 5.41) is 1.84. The van der Waals surface area contributed by atoms with Gasteiger partial charge in [0.1, 0.15) is 17.8 Å². The van der Waals surface area contributed by atoms with E-state index >= 15 is 0 Å². The van der Waals surface area contributed by atoms with Gasteiger partial charge in [-0.1, -0.05) is 91.0 Å². The Hall–Kier alpha value is -4.84. The maximum Gasteiger partial charge on any atom is 0.376 e. The lowest BCUT2D eigenvalue weighted by molar-refractivity contribution is 0.0458. The van der Waals surface area contributed by atoms with Crippen LogP contribution in [-0.4, -0.2) is 20.9 Å². The molecule has 0 aliphatic carbocycles. The van der Waals surface area contributed by atoms with Crippen molar-refractivity contribution in [2.75, 3.05) is 0 Å². The molecule has 0 aliphatic rings. The second-order valence-corrected chi connectivity index (χ2v) is 8.01. The number of hydrogen-bond donors (Lipinski definition) is 0. The maximum absolute atomic E-state index is 13.0. The molecule has 0 N–H and O–H groups in total. The van der Waals surface area contributed by atoms with Crippen molar-refractivity contribution in [1.82, 2.24) is 15.0 Å². The van der Waals surface area contributed by atoms with E-state index in [2.05, 4.69) is 9.97 Å². The number of fused-ring (bicyclic) bond motifs is 3. The molecule has 0 saturated heterocycles. The predicted molar refractivity (Wildman–Crippen MR) is 134 cm³/mol. The van der Waals surface area contributed by atoms with E-state index in [0.717, 1.165) is 38.6 Å². The van der Waals surface area contributed by atoms with Crippen LogP contribution in [0.15, 0.2) is 108 Å². The summed E-state index contributed by atoms with van der Waals surface area (Å²) in [7, 11) is 0. The Bertz CT molecular complexity index is 1660. The molecule has 0 atom stereocenters. The third kappa shape index (κ3) is 4.02. The molecule has 2 aromatic heterocycles. The lowest BCUT2D eigenvalue weighted by Crippen LogP contribution is -2.12. The molecule has 0 radical (unpaired) electrons. The van der Waals surface area contributed by atoms with Gasteiger partial charge in [0.2, 0.25) is 5.82 Å². The van der Waals surface area contributed by atoms with E-state index in [4.69, 9.17) is 14.1 Å². The molecule has 2 heterocycles. The average Bonchev–Trinajstić information content (AvgIpc) is 3.31. The number of ether oxygens (including phenoxy) is 1. The quantitative estimate of drug-likeness (QED) is 0.276. The van der Waals surface area contributed by atoms with Gasteiger partial charge in [-0.15, -0.1) is 0 Å². The first kappa shape index (κ1) is 20.7. The third-order valence-corrected chi connectivity index (χ3v) is 5.71. The van der Waals surface area contributed by atoms with Crippen molar-refractivity contribution in [3.05, 3.63) is 115 Å². The van der Waals surface area contributed by atoms with Gasteiger partial charge in [0.05, 0.1) is 0 Å².